The number of para-hydroxylation sites is 1. The van der Waals surface area contributed by atoms with E-state index in [0.29, 0.717) is 0 Å². The molecule has 0 radical (unpaired) electrons. The number of piperidine rings is 1. The van der Waals surface area contributed by atoms with Crippen molar-refractivity contribution < 1.29 is 21.6 Å². The Bertz CT molecular complexity index is 676. The van der Waals surface area contributed by atoms with E-state index in [1.54, 1.807) is 6.07 Å². The smallest absolute Gasteiger partial charge is 0.380 e. The highest BCUT2D eigenvalue weighted by Gasteiger charge is 2.48. The van der Waals surface area contributed by atoms with Crippen LogP contribution in [0.5, 0.6) is 0 Å². The third-order valence-corrected chi connectivity index (χ3v) is 6.22. The van der Waals surface area contributed by atoms with Crippen molar-refractivity contribution in [3.8, 4) is 0 Å². The summed E-state index contributed by atoms with van der Waals surface area (Å²) in [5, 5.41) is 3.07. The zero-order valence-electron chi connectivity index (χ0n) is 12.5. The molecule has 1 aromatic carbocycles. The molecule has 3 rings (SSSR count). The average molecular weight is 348 g/mol. The molecule has 0 saturated carbocycles. The first-order chi connectivity index (χ1) is 10.8. The predicted molar refractivity (Wildman–Crippen MR) is 80.9 cm³/mol. The van der Waals surface area contributed by atoms with Gasteiger partial charge in [0, 0.05) is 18.6 Å². The molecule has 1 N–H and O–H groups in total. The molecule has 2 aliphatic heterocycles. The molecule has 1 aromatic rings. The van der Waals surface area contributed by atoms with Gasteiger partial charge >= 0.3 is 5.51 Å². The van der Waals surface area contributed by atoms with Gasteiger partial charge in [-0.2, -0.15) is 13.2 Å². The molecule has 2 atom stereocenters. The summed E-state index contributed by atoms with van der Waals surface area (Å²) in [6.45, 7) is 1.90. The van der Waals surface area contributed by atoms with Gasteiger partial charge in [0.25, 0.3) is 9.84 Å². The van der Waals surface area contributed by atoms with E-state index >= 15 is 0 Å². The third kappa shape index (κ3) is 3.06. The molecular formula is C15H19F3N2O2S. The lowest BCUT2D eigenvalue weighted by molar-refractivity contribution is -0.0435. The number of alkyl halides is 3. The lowest BCUT2D eigenvalue weighted by Gasteiger charge is -2.33. The second-order valence-corrected chi connectivity index (χ2v) is 7.99. The van der Waals surface area contributed by atoms with Crippen molar-refractivity contribution in [2.45, 2.75) is 48.2 Å². The van der Waals surface area contributed by atoms with Crippen LogP contribution in [0.4, 0.5) is 18.9 Å². The van der Waals surface area contributed by atoms with E-state index in [-0.39, 0.29) is 17.8 Å². The van der Waals surface area contributed by atoms with Gasteiger partial charge in [-0.05, 0) is 37.9 Å². The summed E-state index contributed by atoms with van der Waals surface area (Å²) < 4.78 is 62.1. The van der Waals surface area contributed by atoms with Crippen molar-refractivity contribution in [2.75, 3.05) is 18.4 Å². The monoisotopic (exact) mass is 348 g/mol. The van der Waals surface area contributed by atoms with Crippen LogP contribution in [0.25, 0.3) is 0 Å². The minimum atomic E-state index is -5.35. The number of fused-ring (bicyclic) bond motifs is 1. The van der Waals surface area contributed by atoms with E-state index in [9.17, 15) is 21.6 Å². The molecule has 0 aliphatic carbocycles. The van der Waals surface area contributed by atoms with Gasteiger partial charge in [0.15, 0.2) is 0 Å². The fourth-order valence-electron chi connectivity index (χ4n) is 3.56. The summed E-state index contributed by atoms with van der Waals surface area (Å²) in [5.74, 6) is 0. The largest absolute Gasteiger partial charge is 0.501 e. The van der Waals surface area contributed by atoms with E-state index in [2.05, 4.69) is 10.2 Å². The van der Waals surface area contributed by atoms with Crippen LogP contribution >= 0.6 is 0 Å². The maximum Gasteiger partial charge on any atom is 0.501 e. The lowest BCUT2D eigenvalue weighted by atomic mass is 9.99. The molecule has 2 aliphatic rings. The summed E-state index contributed by atoms with van der Waals surface area (Å²) in [6.07, 6.45) is 4.04. The molecule has 2 unspecified atom stereocenters. The van der Waals surface area contributed by atoms with Gasteiger partial charge in [-0.25, -0.2) is 8.42 Å². The maximum atomic E-state index is 12.9. The van der Waals surface area contributed by atoms with Gasteiger partial charge in [-0.1, -0.05) is 18.6 Å². The van der Waals surface area contributed by atoms with Crippen molar-refractivity contribution in [2.24, 2.45) is 0 Å². The van der Waals surface area contributed by atoms with Crippen LogP contribution in [-0.4, -0.2) is 44.0 Å². The van der Waals surface area contributed by atoms with Gasteiger partial charge in [0.2, 0.25) is 0 Å². The Hall–Kier alpha value is -1.28. The Labute approximate surface area is 133 Å². The number of anilines is 1. The van der Waals surface area contributed by atoms with E-state index in [1.165, 1.54) is 12.1 Å². The number of hydrogen-bond acceptors (Lipinski definition) is 4. The molecule has 8 heteroatoms. The molecule has 0 spiro atoms. The highest BCUT2D eigenvalue weighted by molar-refractivity contribution is 7.92. The first-order valence-electron chi connectivity index (χ1n) is 7.72. The standard InChI is InChI=1S/C15H19F3N2O2S/c16-15(17,18)23(21,22)14-7-2-1-5-12(14)19-11-8-10-20-9-4-3-6-13(11)20/h1-2,5,7,11,13,19H,3-4,6,8-10H2. The molecule has 4 nitrogen and oxygen atoms in total. The Morgan fingerprint density at radius 2 is 1.83 bits per heavy atom. The van der Waals surface area contributed by atoms with Crippen LogP contribution in [0.1, 0.15) is 25.7 Å². The molecule has 2 saturated heterocycles. The number of hydrogen-bond donors (Lipinski definition) is 1. The minimum absolute atomic E-state index is 0.0140. The predicted octanol–water partition coefficient (Wildman–Crippen LogP) is 3.02. The minimum Gasteiger partial charge on any atom is -0.380 e. The van der Waals surface area contributed by atoms with E-state index in [0.717, 1.165) is 44.8 Å². The number of nitrogens with one attached hydrogen (secondary N) is 1. The number of benzene rings is 1. The van der Waals surface area contributed by atoms with Gasteiger partial charge in [-0.3, -0.25) is 4.90 Å². The van der Waals surface area contributed by atoms with Crippen molar-refractivity contribution in [3.63, 3.8) is 0 Å². The maximum absolute atomic E-state index is 12.9. The van der Waals surface area contributed by atoms with Crippen LogP contribution in [0, 0.1) is 0 Å². The first kappa shape index (κ1) is 16.6. The fraction of sp³-hybridized carbons (Fsp3) is 0.600. The summed E-state index contributed by atoms with van der Waals surface area (Å²) in [5.41, 5.74) is -5.25. The number of rotatable bonds is 3. The normalized spacial score (nSPS) is 26.0. The van der Waals surface area contributed by atoms with E-state index in [1.807, 2.05) is 0 Å². The Kier molecular flexibility index (Phi) is 4.31. The van der Waals surface area contributed by atoms with Gasteiger partial charge in [0.1, 0.15) is 0 Å². The fourth-order valence-corrected chi connectivity index (χ4v) is 4.48. The average Bonchev–Trinajstić information content (AvgIpc) is 2.90. The second kappa shape index (κ2) is 5.98. The Morgan fingerprint density at radius 1 is 1.09 bits per heavy atom. The second-order valence-electron chi connectivity index (χ2n) is 6.08. The van der Waals surface area contributed by atoms with Crippen LogP contribution in [0.2, 0.25) is 0 Å². The number of sulfone groups is 1. The van der Waals surface area contributed by atoms with Crippen LogP contribution in [0.3, 0.4) is 0 Å². The molecule has 2 heterocycles. The van der Waals surface area contributed by atoms with Crippen molar-refractivity contribution in [1.82, 2.24) is 4.90 Å². The van der Waals surface area contributed by atoms with Crippen LogP contribution in [0.15, 0.2) is 29.2 Å². The number of halogens is 3. The molecular weight excluding hydrogens is 329 g/mol. The summed E-state index contributed by atoms with van der Waals surface area (Å²) in [4.78, 5) is 1.64. The Morgan fingerprint density at radius 3 is 2.57 bits per heavy atom. The van der Waals surface area contributed by atoms with Crippen molar-refractivity contribution >= 4 is 15.5 Å². The highest BCUT2D eigenvalue weighted by Crippen LogP contribution is 2.36. The zero-order chi connectivity index (χ0) is 16.7. The van der Waals surface area contributed by atoms with Crippen LogP contribution in [-0.2, 0) is 9.84 Å². The van der Waals surface area contributed by atoms with Crippen molar-refractivity contribution in [3.05, 3.63) is 24.3 Å². The molecule has 0 aromatic heterocycles. The first-order valence-corrected chi connectivity index (χ1v) is 9.20. The summed E-state index contributed by atoms with van der Waals surface area (Å²) in [6, 6.07) is 5.53. The topological polar surface area (TPSA) is 49.4 Å². The summed E-state index contributed by atoms with van der Waals surface area (Å²) >= 11 is 0. The number of nitrogens with zero attached hydrogens (tertiary/aromatic N) is 1. The third-order valence-electron chi connectivity index (χ3n) is 4.68. The molecule has 0 bridgehead atoms. The zero-order valence-corrected chi connectivity index (χ0v) is 13.3. The van der Waals surface area contributed by atoms with Gasteiger partial charge in [0.05, 0.1) is 10.6 Å². The van der Waals surface area contributed by atoms with Crippen molar-refractivity contribution in [1.29, 1.82) is 0 Å². The van der Waals surface area contributed by atoms with Gasteiger partial charge < -0.3 is 5.32 Å². The lowest BCUT2D eigenvalue weighted by Crippen LogP contribution is -2.42. The van der Waals surface area contributed by atoms with E-state index < -0.39 is 20.2 Å². The molecule has 23 heavy (non-hydrogen) atoms. The van der Waals surface area contributed by atoms with Gasteiger partial charge in [-0.15, -0.1) is 0 Å². The molecule has 0 amide bonds. The Balaban J connectivity index is 1.87. The molecule has 128 valence electrons. The highest BCUT2D eigenvalue weighted by atomic mass is 32.2. The quantitative estimate of drug-likeness (QED) is 0.912. The SMILES string of the molecule is O=S(=O)(c1ccccc1NC1CCN2CCCCC12)C(F)(F)F. The van der Waals surface area contributed by atoms with Crippen LogP contribution < -0.4 is 5.32 Å². The van der Waals surface area contributed by atoms with E-state index in [4.69, 9.17) is 0 Å². The summed E-state index contributed by atoms with van der Waals surface area (Å²) in [7, 11) is -5.35. The molecule has 2 fully saturated rings.